The zero-order chi connectivity index (χ0) is 13.8. The monoisotopic (exact) mass is 267 g/mol. The molecular formula is C15H29N3O. The maximum absolute atomic E-state index is 12.2. The van der Waals surface area contributed by atoms with E-state index in [0.717, 1.165) is 52.0 Å². The molecule has 0 aromatic heterocycles. The van der Waals surface area contributed by atoms with Crippen molar-refractivity contribution in [3.63, 3.8) is 0 Å². The molecule has 0 spiro atoms. The van der Waals surface area contributed by atoms with Gasteiger partial charge in [0.1, 0.15) is 0 Å². The van der Waals surface area contributed by atoms with Gasteiger partial charge < -0.3 is 9.80 Å². The average molecular weight is 267 g/mol. The average Bonchev–Trinajstić information content (AvgIpc) is 2.37. The molecule has 0 N–H and O–H groups in total. The third-order valence-electron chi connectivity index (χ3n) is 4.42. The number of hydrogen-bond donors (Lipinski definition) is 0. The highest BCUT2D eigenvalue weighted by molar-refractivity contribution is 5.76. The molecule has 1 atom stereocenters. The van der Waals surface area contributed by atoms with Crippen molar-refractivity contribution >= 4 is 5.91 Å². The molecular weight excluding hydrogens is 238 g/mol. The minimum absolute atomic E-state index is 0.369. The number of rotatable bonds is 4. The number of fused-ring (bicyclic) bond motifs is 1. The van der Waals surface area contributed by atoms with Gasteiger partial charge in [0.05, 0.1) is 0 Å². The second-order valence-corrected chi connectivity index (χ2v) is 6.58. The molecule has 4 heteroatoms. The highest BCUT2D eigenvalue weighted by atomic mass is 16.2. The van der Waals surface area contributed by atoms with Gasteiger partial charge in [-0.15, -0.1) is 0 Å². The van der Waals surface area contributed by atoms with Gasteiger partial charge in [0.15, 0.2) is 0 Å². The summed E-state index contributed by atoms with van der Waals surface area (Å²) in [6.45, 7) is 10.8. The fourth-order valence-electron chi connectivity index (χ4n) is 3.16. The molecule has 2 fully saturated rings. The summed E-state index contributed by atoms with van der Waals surface area (Å²) in [7, 11) is 2.18. The Morgan fingerprint density at radius 1 is 1.16 bits per heavy atom. The summed E-state index contributed by atoms with van der Waals surface area (Å²) in [5, 5.41) is 0. The topological polar surface area (TPSA) is 26.8 Å². The Balaban J connectivity index is 1.77. The van der Waals surface area contributed by atoms with Crippen molar-refractivity contribution in [1.29, 1.82) is 0 Å². The molecule has 0 radical (unpaired) electrons. The van der Waals surface area contributed by atoms with Gasteiger partial charge in [-0.2, -0.15) is 0 Å². The summed E-state index contributed by atoms with van der Waals surface area (Å²) >= 11 is 0. The molecule has 1 amide bonds. The summed E-state index contributed by atoms with van der Waals surface area (Å²) < 4.78 is 0. The highest BCUT2D eigenvalue weighted by Crippen LogP contribution is 2.16. The standard InChI is InChI=1S/C15H29N3O/c1-13(2)5-4-6-15(19)18-10-9-17-8-7-16(3)11-14(17)12-18/h13-14H,4-12H2,1-3H3. The van der Waals surface area contributed by atoms with Crippen molar-refractivity contribution in [1.82, 2.24) is 14.7 Å². The van der Waals surface area contributed by atoms with Crippen molar-refractivity contribution < 1.29 is 4.79 Å². The van der Waals surface area contributed by atoms with Crippen LogP contribution in [0.15, 0.2) is 0 Å². The van der Waals surface area contributed by atoms with E-state index in [0.29, 0.717) is 17.9 Å². The maximum Gasteiger partial charge on any atom is 0.222 e. The molecule has 2 heterocycles. The van der Waals surface area contributed by atoms with Crippen LogP contribution in [0.1, 0.15) is 33.1 Å². The van der Waals surface area contributed by atoms with Crippen LogP contribution in [-0.2, 0) is 4.79 Å². The van der Waals surface area contributed by atoms with Crippen LogP contribution >= 0.6 is 0 Å². The van der Waals surface area contributed by atoms with Gasteiger partial charge in [0.25, 0.3) is 0 Å². The van der Waals surface area contributed by atoms with Gasteiger partial charge in [-0.1, -0.05) is 20.3 Å². The van der Waals surface area contributed by atoms with Gasteiger partial charge >= 0.3 is 0 Å². The predicted octanol–water partition coefficient (Wildman–Crippen LogP) is 1.27. The minimum Gasteiger partial charge on any atom is -0.340 e. The maximum atomic E-state index is 12.2. The second kappa shape index (κ2) is 6.71. The van der Waals surface area contributed by atoms with Crippen molar-refractivity contribution in [2.24, 2.45) is 5.92 Å². The lowest BCUT2D eigenvalue weighted by Crippen LogP contribution is -2.62. The number of nitrogens with zero attached hydrogens (tertiary/aromatic N) is 3. The Kier molecular flexibility index (Phi) is 5.22. The quantitative estimate of drug-likeness (QED) is 0.767. The van der Waals surface area contributed by atoms with E-state index >= 15 is 0 Å². The summed E-state index contributed by atoms with van der Waals surface area (Å²) in [6.07, 6.45) is 2.94. The normalized spacial score (nSPS) is 25.7. The molecule has 2 aliphatic rings. The molecule has 0 saturated carbocycles. The lowest BCUT2D eigenvalue weighted by molar-refractivity contribution is -0.135. The summed E-state index contributed by atoms with van der Waals surface area (Å²) in [5.74, 6) is 1.07. The minimum atomic E-state index is 0.369. The summed E-state index contributed by atoms with van der Waals surface area (Å²) in [5.41, 5.74) is 0. The van der Waals surface area contributed by atoms with Gasteiger partial charge in [-0.25, -0.2) is 0 Å². The molecule has 0 aromatic rings. The number of amides is 1. The smallest absolute Gasteiger partial charge is 0.222 e. The fourth-order valence-corrected chi connectivity index (χ4v) is 3.16. The first-order valence-corrected chi connectivity index (χ1v) is 7.76. The number of carbonyl (C=O) groups is 1. The molecule has 2 aliphatic heterocycles. The van der Waals surface area contributed by atoms with Crippen LogP contribution in [-0.4, -0.2) is 73.0 Å². The van der Waals surface area contributed by atoms with E-state index in [1.54, 1.807) is 0 Å². The van der Waals surface area contributed by atoms with E-state index in [1.165, 1.54) is 6.54 Å². The summed E-state index contributed by atoms with van der Waals surface area (Å²) in [6, 6.07) is 0.557. The highest BCUT2D eigenvalue weighted by Gasteiger charge is 2.32. The van der Waals surface area contributed by atoms with Crippen LogP contribution in [0.3, 0.4) is 0 Å². The first kappa shape index (κ1) is 14.8. The third kappa shape index (κ3) is 4.18. The van der Waals surface area contributed by atoms with Gasteiger partial charge in [-0.3, -0.25) is 9.69 Å². The van der Waals surface area contributed by atoms with E-state index < -0.39 is 0 Å². The molecule has 2 saturated heterocycles. The predicted molar refractivity (Wildman–Crippen MR) is 78.1 cm³/mol. The van der Waals surface area contributed by atoms with Crippen molar-refractivity contribution in [3.05, 3.63) is 0 Å². The lowest BCUT2D eigenvalue weighted by atomic mass is 10.0. The van der Waals surface area contributed by atoms with Crippen LogP contribution in [0.2, 0.25) is 0 Å². The van der Waals surface area contributed by atoms with Crippen LogP contribution in [0.4, 0.5) is 0 Å². The lowest BCUT2D eigenvalue weighted by Gasteiger charge is -2.46. The van der Waals surface area contributed by atoms with Crippen molar-refractivity contribution in [3.8, 4) is 0 Å². The molecule has 2 rings (SSSR count). The van der Waals surface area contributed by atoms with Gasteiger partial charge in [-0.05, 0) is 19.4 Å². The zero-order valence-corrected chi connectivity index (χ0v) is 12.8. The number of hydrogen-bond acceptors (Lipinski definition) is 3. The van der Waals surface area contributed by atoms with Crippen molar-refractivity contribution in [2.75, 3.05) is 46.3 Å². The molecule has 4 nitrogen and oxygen atoms in total. The Labute approximate surface area is 117 Å². The molecule has 0 bridgehead atoms. The van der Waals surface area contributed by atoms with Crippen LogP contribution in [0.5, 0.6) is 0 Å². The Morgan fingerprint density at radius 3 is 2.63 bits per heavy atom. The van der Waals surface area contributed by atoms with E-state index in [1.807, 2.05) is 0 Å². The fraction of sp³-hybridized carbons (Fsp3) is 0.933. The first-order chi connectivity index (χ1) is 9.06. The van der Waals surface area contributed by atoms with E-state index in [9.17, 15) is 4.79 Å². The first-order valence-electron chi connectivity index (χ1n) is 7.76. The Morgan fingerprint density at radius 2 is 1.89 bits per heavy atom. The Bertz CT molecular complexity index is 306. The van der Waals surface area contributed by atoms with Crippen LogP contribution in [0, 0.1) is 5.92 Å². The van der Waals surface area contributed by atoms with Crippen molar-refractivity contribution in [2.45, 2.75) is 39.2 Å². The zero-order valence-electron chi connectivity index (χ0n) is 12.8. The van der Waals surface area contributed by atoms with Gasteiger partial charge in [0.2, 0.25) is 5.91 Å². The summed E-state index contributed by atoms with van der Waals surface area (Å²) in [4.78, 5) is 19.3. The molecule has 0 aliphatic carbocycles. The van der Waals surface area contributed by atoms with E-state index in [-0.39, 0.29) is 0 Å². The second-order valence-electron chi connectivity index (χ2n) is 6.58. The molecule has 0 aromatic carbocycles. The van der Waals surface area contributed by atoms with E-state index in [4.69, 9.17) is 0 Å². The SMILES string of the molecule is CC(C)CCCC(=O)N1CCN2CCN(C)CC2C1. The third-order valence-corrected chi connectivity index (χ3v) is 4.42. The van der Waals surface area contributed by atoms with Crippen LogP contribution in [0.25, 0.3) is 0 Å². The van der Waals surface area contributed by atoms with Crippen LogP contribution < -0.4 is 0 Å². The Hall–Kier alpha value is -0.610. The largest absolute Gasteiger partial charge is 0.340 e. The number of carbonyl (C=O) groups excluding carboxylic acids is 1. The molecule has 110 valence electrons. The van der Waals surface area contributed by atoms with Gasteiger partial charge in [0, 0.05) is 51.7 Å². The number of piperazine rings is 2. The molecule has 1 unspecified atom stereocenters. The van der Waals surface area contributed by atoms with E-state index in [2.05, 4.69) is 35.6 Å². The molecule has 19 heavy (non-hydrogen) atoms. The number of likely N-dealkylation sites (N-methyl/N-ethyl adjacent to an activating group) is 1.